The number of likely N-dealkylation sites (N-methyl/N-ethyl adjacent to an activating group) is 1. The van der Waals surface area contributed by atoms with Gasteiger partial charge in [0, 0.05) is 12.6 Å². The van der Waals surface area contributed by atoms with E-state index < -0.39 is 5.97 Å². The topological polar surface area (TPSA) is 60.9 Å². The van der Waals surface area contributed by atoms with E-state index in [2.05, 4.69) is 0 Å². The molecular weight excluding hydrogens is 244 g/mol. The fourth-order valence-corrected chi connectivity index (χ4v) is 3.54. The Balaban J connectivity index is 1.91. The zero-order valence-corrected chi connectivity index (χ0v) is 11.7. The van der Waals surface area contributed by atoms with Gasteiger partial charge in [0.2, 0.25) is 5.91 Å². The van der Waals surface area contributed by atoms with Crippen molar-refractivity contribution in [2.45, 2.75) is 44.6 Å². The summed E-state index contributed by atoms with van der Waals surface area (Å²) >= 11 is 0. The highest BCUT2D eigenvalue weighted by Gasteiger charge is 2.35. The van der Waals surface area contributed by atoms with Crippen LogP contribution in [0.15, 0.2) is 0 Å². The van der Waals surface area contributed by atoms with Crippen molar-refractivity contribution in [1.29, 1.82) is 0 Å². The SMILES string of the molecule is CN(CC(=O)O)CC(=O)N1CCC[C@H]2CCCC[C@H]21. The van der Waals surface area contributed by atoms with Gasteiger partial charge in [-0.05, 0) is 38.6 Å². The van der Waals surface area contributed by atoms with Crippen molar-refractivity contribution in [3.63, 3.8) is 0 Å². The number of rotatable bonds is 4. The first-order chi connectivity index (χ1) is 9.08. The van der Waals surface area contributed by atoms with Crippen LogP contribution in [0, 0.1) is 5.92 Å². The molecule has 2 atom stereocenters. The quantitative estimate of drug-likeness (QED) is 0.832. The molecule has 1 saturated carbocycles. The summed E-state index contributed by atoms with van der Waals surface area (Å²) in [5.41, 5.74) is 0. The second-order valence-electron chi connectivity index (χ2n) is 5.91. The first kappa shape index (κ1) is 14.3. The second-order valence-corrected chi connectivity index (χ2v) is 5.91. The number of nitrogens with zero attached hydrogens (tertiary/aromatic N) is 2. The van der Waals surface area contributed by atoms with Crippen LogP contribution in [-0.2, 0) is 9.59 Å². The zero-order valence-electron chi connectivity index (χ0n) is 11.7. The van der Waals surface area contributed by atoms with E-state index in [-0.39, 0.29) is 19.0 Å². The smallest absolute Gasteiger partial charge is 0.317 e. The minimum absolute atomic E-state index is 0.0757. The molecule has 2 fully saturated rings. The summed E-state index contributed by atoms with van der Waals surface area (Å²) in [5.74, 6) is -0.110. The molecule has 1 N–H and O–H groups in total. The average Bonchev–Trinajstić information content (AvgIpc) is 2.36. The molecular formula is C14H24N2O3. The Morgan fingerprint density at radius 2 is 1.84 bits per heavy atom. The fourth-order valence-electron chi connectivity index (χ4n) is 3.54. The highest BCUT2D eigenvalue weighted by molar-refractivity contribution is 5.79. The Morgan fingerprint density at radius 3 is 2.58 bits per heavy atom. The molecule has 0 unspecified atom stereocenters. The summed E-state index contributed by atoms with van der Waals surface area (Å²) in [5, 5.41) is 8.73. The van der Waals surface area contributed by atoms with Gasteiger partial charge in [-0.3, -0.25) is 14.5 Å². The molecule has 0 aromatic rings. The van der Waals surface area contributed by atoms with E-state index in [4.69, 9.17) is 5.11 Å². The predicted octanol–water partition coefficient (Wildman–Crippen LogP) is 1.18. The maximum Gasteiger partial charge on any atom is 0.317 e. The van der Waals surface area contributed by atoms with Crippen molar-refractivity contribution in [2.75, 3.05) is 26.7 Å². The summed E-state index contributed by atoms with van der Waals surface area (Å²) in [7, 11) is 1.69. The molecule has 1 amide bonds. The number of carboxylic acids is 1. The third-order valence-corrected chi connectivity index (χ3v) is 4.37. The van der Waals surface area contributed by atoms with E-state index in [1.807, 2.05) is 4.90 Å². The van der Waals surface area contributed by atoms with Crippen molar-refractivity contribution in [3.05, 3.63) is 0 Å². The summed E-state index contributed by atoms with van der Waals surface area (Å²) < 4.78 is 0. The van der Waals surface area contributed by atoms with Crippen LogP contribution in [0.3, 0.4) is 0 Å². The minimum Gasteiger partial charge on any atom is -0.480 e. The van der Waals surface area contributed by atoms with Gasteiger partial charge in [0.15, 0.2) is 0 Å². The number of aliphatic carboxylic acids is 1. The van der Waals surface area contributed by atoms with Gasteiger partial charge in [-0.15, -0.1) is 0 Å². The number of amides is 1. The van der Waals surface area contributed by atoms with Gasteiger partial charge in [-0.1, -0.05) is 12.8 Å². The third kappa shape index (κ3) is 3.69. The number of hydrogen-bond donors (Lipinski definition) is 1. The summed E-state index contributed by atoms with van der Waals surface area (Å²) in [6.07, 6.45) is 7.23. The van der Waals surface area contributed by atoms with E-state index in [0.717, 1.165) is 19.4 Å². The van der Waals surface area contributed by atoms with Crippen molar-refractivity contribution in [3.8, 4) is 0 Å². The first-order valence-corrected chi connectivity index (χ1v) is 7.27. The van der Waals surface area contributed by atoms with Crippen molar-refractivity contribution in [1.82, 2.24) is 9.80 Å². The Bertz CT molecular complexity index is 344. The predicted molar refractivity (Wildman–Crippen MR) is 71.8 cm³/mol. The lowest BCUT2D eigenvalue weighted by Crippen LogP contribution is -2.52. The summed E-state index contributed by atoms with van der Waals surface area (Å²) in [4.78, 5) is 26.6. The van der Waals surface area contributed by atoms with E-state index in [0.29, 0.717) is 12.0 Å². The van der Waals surface area contributed by atoms with Gasteiger partial charge in [-0.25, -0.2) is 0 Å². The molecule has 0 radical (unpaired) electrons. The number of piperidine rings is 1. The molecule has 0 bridgehead atoms. The number of carbonyl (C=O) groups is 2. The Kier molecular flexibility index (Phi) is 4.80. The molecule has 1 heterocycles. The van der Waals surface area contributed by atoms with Crippen LogP contribution in [0.4, 0.5) is 0 Å². The lowest BCUT2D eigenvalue weighted by atomic mass is 9.78. The molecule has 0 aromatic heterocycles. The summed E-state index contributed by atoms with van der Waals surface area (Å²) in [6.45, 7) is 0.990. The Morgan fingerprint density at radius 1 is 1.16 bits per heavy atom. The molecule has 0 spiro atoms. The van der Waals surface area contributed by atoms with Crippen molar-refractivity contribution >= 4 is 11.9 Å². The molecule has 108 valence electrons. The molecule has 1 aliphatic carbocycles. The number of hydrogen-bond acceptors (Lipinski definition) is 3. The van der Waals surface area contributed by atoms with Crippen LogP contribution >= 0.6 is 0 Å². The van der Waals surface area contributed by atoms with Gasteiger partial charge < -0.3 is 10.0 Å². The van der Waals surface area contributed by atoms with Crippen LogP contribution in [0.1, 0.15) is 38.5 Å². The molecule has 0 aromatic carbocycles. The number of likely N-dealkylation sites (tertiary alicyclic amines) is 1. The minimum atomic E-state index is -0.885. The average molecular weight is 268 g/mol. The van der Waals surface area contributed by atoms with Crippen LogP contribution in [0.5, 0.6) is 0 Å². The number of fused-ring (bicyclic) bond motifs is 1. The normalized spacial score (nSPS) is 27.2. The summed E-state index contributed by atoms with van der Waals surface area (Å²) in [6, 6.07) is 0.410. The van der Waals surface area contributed by atoms with E-state index in [9.17, 15) is 9.59 Å². The molecule has 5 nitrogen and oxygen atoms in total. The largest absolute Gasteiger partial charge is 0.480 e. The van der Waals surface area contributed by atoms with Crippen LogP contribution in [-0.4, -0.2) is 59.5 Å². The van der Waals surface area contributed by atoms with E-state index in [1.165, 1.54) is 25.7 Å². The van der Waals surface area contributed by atoms with Gasteiger partial charge in [-0.2, -0.15) is 0 Å². The first-order valence-electron chi connectivity index (χ1n) is 7.27. The second kappa shape index (κ2) is 6.37. The highest BCUT2D eigenvalue weighted by atomic mass is 16.4. The number of carboxylic acid groups (broad SMARTS) is 1. The monoisotopic (exact) mass is 268 g/mol. The third-order valence-electron chi connectivity index (χ3n) is 4.37. The van der Waals surface area contributed by atoms with Crippen molar-refractivity contribution < 1.29 is 14.7 Å². The Hall–Kier alpha value is -1.10. The molecule has 1 saturated heterocycles. The van der Waals surface area contributed by atoms with Gasteiger partial charge >= 0.3 is 5.97 Å². The lowest BCUT2D eigenvalue weighted by molar-refractivity contribution is -0.141. The van der Waals surface area contributed by atoms with Gasteiger partial charge in [0.05, 0.1) is 13.1 Å². The van der Waals surface area contributed by atoms with Crippen LogP contribution in [0.2, 0.25) is 0 Å². The maximum atomic E-state index is 12.3. The zero-order chi connectivity index (χ0) is 13.8. The van der Waals surface area contributed by atoms with Crippen LogP contribution in [0.25, 0.3) is 0 Å². The molecule has 1 aliphatic heterocycles. The van der Waals surface area contributed by atoms with Crippen molar-refractivity contribution in [2.24, 2.45) is 5.92 Å². The molecule has 2 aliphatic rings. The molecule has 5 heteroatoms. The standard InChI is InChI=1S/C14H24N2O3/c1-15(10-14(18)19)9-13(17)16-8-4-6-11-5-2-3-7-12(11)16/h11-12H,2-10H2,1H3,(H,18,19)/t11-,12-/m1/s1. The van der Waals surface area contributed by atoms with E-state index in [1.54, 1.807) is 11.9 Å². The fraction of sp³-hybridized carbons (Fsp3) is 0.857. The van der Waals surface area contributed by atoms with Crippen LogP contribution < -0.4 is 0 Å². The highest BCUT2D eigenvalue weighted by Crippen LogP contribution is 2.35. The number of carbonyl (C=O) groups excluding carboxylic acids is 1. The van der Waals surface area contributed by atoms with Gasteiger partial charge in [0.1, 0.15) is 0 Å². The maximum absolute atomic E-state index is 12.3. The van der Waals surface area contributed by atoms with E-state index >= 15 is 0 Å². The lowest BCUT2D eigenvalue weighted by Gasteiger charge is -2.44. The Labute approximate surface area is 114 Å². The van der Waals surface area contributed by atoms with Gasteiger partial charge in [0.25, 0.3) is 0 Å². The molecule has 2 rings (SSSR count). The molecule has 19 heavy (non-hydrogen) atoms.